The van der Waals surface area contributed by atoms with Crippen molar-refractivity contribution < 1.29 is 19.1 Å². The van der Waals surface area contributed by atoms with Gasteiger partial charge in [-0.05, 0) is 25.5 Å². The number of esters is 2. The summed E-state index contributed by atoms with van der Waals surface area (Å²) >= 11 is 0. The summed E-state index contributed by atoms with van der Waals surface area (Å²) in [5.41, 5.74) is 0.651. The highest BCUT2D eigenvalue weighted by atomic mass is 28.2. The van der Waals surface area contributed by atoms with Gasteiger partial charge in [-0.2, -0.15) is 0 Å². The minimum atomic E-state index is -0.667. The molecular weight excluding hydrogens is 284 g/mol. The second-order valence-corrected chi connectivity index (χ2v) is 5.53. The Morgan fingerprint density at radius 2 is 1.43 bits per heavy atom. The molecule has 0 atom stereocenters. The van der Waals surface area contributed by atoms with E-state index in [9.17, 15) is 9.59 Å². The second kappa shape index (κ2) is 11.9. The average Bonchev–Trinajstić information content (AvgIpc) is 2.47. The van der Waals surface area contributed by atoms with Gasteiger partial charge in [-0.15, -0.1) is 0 Å². The molecule has 116 valence electrons. The molecule has 1 rings (SSSR count). The molecule has 0 fully saturated rings. The van der Waals surface area contributed by atoms with E-state index >= 15 is 0 Å². The van der Waals surface area contributed by atoms with Gasteiger partial charge in [-0.1, -0.05) is 43.4 Å². The molecule has 0 bridgehead atoms. The molecule has 0 saturated heterocycles. The normalized spacial score (nSPS) is 8.95. The van der Waals surface area contributed by atoms with Crippen LogP contribution in [-0.4, -0.2) is 34.7 Å². The maximum absolute atomic E-state index is 11.7. The molecule has 0 unspecified atom stereocenters. The topological polar surface area (TPSA) is 52.6 Å². The van der Waals surface area contributed by atoms with Gasteiger partial charge in [0.2, 0.25) is 0 Å². The summed E-state index contributed by atoms with van der Waals surface area (Å²) in [6.45, 7) is 8.32. The number of rotatable bonds is 5. The fraction of sp³-hybridized carbons (Fsp3) is 0.375. The van der Waals surface area contributed by atoms with Gasteiger partial charge in [0.05, 0.1) is 13.2 Å². The van der Waals surface area contributed by atoms with Gasteiger partial charge >= 0.3 is 11.9 Å². The summed E-state index contributed by atoms with van der Waals surface area (Å²) in [5.74, 6) is -1.33. The molecule has 1 aromatic carbocycles. The molecule has 5 heteroatoms. The molecule has 0 aliphatic carbocycles. The van der Waals surface area contributed by atoms with Crippen LogP contribution in [-0.2, 0) is 19.1 Å². The van der Waals surface area contributed by atoms with Crippen LogP contribution < -0.4 is 0 Å². The van der Waals surface area contributed by atoms with Gasteiger partial charge in [0.25, 0.3) is 0 Å². The van der Waals surface area contributed by atoms with Crippen molar-refractivity contribution in [3.8, 4) is 0 Å². The van der Waals surface area contributed by atoms with Gasteiger partial charge in [-0.3, -0.25) is 0 Å². The van der Waals surface area contributed by atoms with Crippen molar-refractivity contribution in [3.63, 3.8) is 0 Å². The lowest BCUT2D eigenvalue weighted by Crippen LogP contribution is -2.18. The summed E-state index contributed by atoms with van der Waals surface area (Å²) in [5, 5.41) is 0. The quantitative estimate of drug-likeness (QED) is 0.276. The Morgan fingerprint density at radius 3 is 1.81 bits per heavy atom. The van der Waals surface area contributed by atoms with E-state index < -0.39 is 11.9 Å². The maximum atomic E-state index is 11.7. The minimum Gasteiger partial charge on any atom is -0.462 e. The van der Waals surface area contributed by atoms with E-state index in [1.165, 1.54) is 6.08 Å². The van der Waals surface area contributed by atoms with Crippen LogP contribution in [0, 0.1) is 0 Å². The molecule has 4 nitrogen and oxygen atoms in total. The molecule has 0 aromatic heterocycles. The van der Waals surface area contributed by atoms with Crippen molar-refractivity contribution in [2.45, 2.75) is 26.9 Å². The SMILES string of the molecule is CCOC(=O)C(=Cc1ccccc1)C(=O)OCC.C[SiH2]C. The molecule has 21 heavy (non-hydrogen) atoms. The number of benzene rings is 1. The van der Waals surface area contributed by atoms with Crippen molar-refractivity contribution >= 4 is 27.5 Å². The lowest BCUT2D eigenvalue weighted by atomic mass is 10.1. The molecule has 0 spiro atoms. The molecule has 0 aliphatic rings. The monoisotopic (exact) mass is 308 g/mol. The van der Waals surface area contributed by atoms with E-state index in [4.69, 9.17) is 9.47 Å². The van der Waals surface area contributed by atoms with Crippen molar-refractivity contribution in [1.82, 2.24) is 0 Å². The van der Waals surface area contributed by atoms with Crippen LogP contribution in [0.1, 0.15) is 19.4 Å². The maximum Gasteiger partial charge on any atom is 0.345 e. The van der Waals surface area contributed by atoms with Crippen LogP contribution in [0.15, 0.2) is 35.9 Å². The first-order valence-corrected chi connectivity index (χ1v) is 10.0. The standard InChI is InChI=1S/C14H16O4.C2H8Si/c1-3-17-13(15)12(14(16)18-4-2)10-11-8-6-5-7-9-11;1-3-2/h5-10H,3-4H2,1-2H3;3H2,1-2H3. The van der Waals surface area contributed by atoms with E-state index in [0.717, 1.165) is 5.56 Å². The number of carbonyl (C=O) groups is 2. The third-order valence-electron chi connectivity index (χ3n) is 2.10. The molecule has 0 aliphatic heterocycles. The Kier molecular flexibility index (Phi) is 10.8. The number of hydrogen-bond acceptors (Lipinski definition) is 4. The van der Waals surface area contributed by atoms with Crippen molar-refractivity contribution in [1.29, 1.82) is 0 Å². The lowest BCUT2D eigenvalue weighted by Gasteiger charge is -2.06. The summed E-state index contributed by atoms with van der Waals surface area (Å²) in [6, 6.07) is 9.07. The highest BCUT2D eigenvalue weighted by Crippen LogP contribution is 2.10. The number of hydrogen-bond donors (Lipinski definition) is 0. The van der Waals surface area contributed by atoms with E-state index in [-0.39, 0.29) is 18.8 Å². The van der Waals surface area contributed by atoms with E-state index in [0.29, 0.717) is 9.52 Å². The predicted octanol–water partition coefficient (Wildman–Crippen LogP) is 2.45. The number of carbonyl (C=O) groups excluding carboxylic acids is 2. The third-order valence-corrected chi connectivity index (χ3v) is 2.10. The van der Waals surface area contributed by atoms with Gasteiger partial charge in [0.1, 0.15) is 5.57 Å². The van der Waals surface area contributed by atoms with E-state index in [1.54, 1.807) is 26.0 Å². The number of ether oxygens (including phenoxy) is 2. The first kappa shape index (κ1) is 19.1. The predicted molar refractivity (Wildman–Crippen MR) is 88.0 cm³/mol. The van der Waals surface area contributed by atoms with Crippen LogP contribution in [0.3, 0.4) is 0 Å². The Labute approximate surface area is 129 Å². The molecule has 0 N–H and O–H groups in total. The fourth-order valence-corrected chi connectivity index (χ4v) is 1.33. The lowest BCUT2D eigenvalue weighted by molar-refractivity contribution is -0.146. The Bertz CT molecular complexity index is 435. The highest BCUT2D eigenvalue weighted by molar-refractivity contribution is 6.31. The largest absolute Gasteiger partial charge is 0.462 e. The van der Waals surface area contributed by atoms with Crippen LogP contribution in [0.4, 0.5) is 0 Å². The summed E-state index contributed by atoms with van der Waals surface area (Å²) in [4.78, 5) is 23.3. The van der Waals surface area contributed by atoms with Crippen molar-refractivity contribution in [2.75, 3.05) is 13.2 Å². The smallest absolute Gasteiger partial charge is 0.345 e. The molecule has 0 radical (unpaired) electrons. The van der Waals surface area contributed by atoms with Crippen LogP contribution in [0.2, 0.25) is 13.1 Å². The van der Waals surface area contributed by atoms with Gasteiger partial charge in [0, 0.05) is 9.52 Å². The third kappa shape index (κ3) is 8.09. The fourth-order valence-electron chi connectivity index (χ4n) is 1.33. The van der Waals surface area contributed by atoms with Gasteiger partial charge in [0.15, 0.2) is 0 Å². The van der Waals surface area contributed by atoms with Gasteiger partial charge in [-0.25, -0.2) is 9.59 Å². The highest BCUT2D eigenvalue weighted by Gasteiger charge is 2.20. The first-order chi connectivity index (χ1) is 10.1. The van der Waals surface area contributed by atoms with Crippen LogP contribution >= 0.6 is 0 Å². The summed E-state index contributed by atoms with van der Waals surface area (Å²) < 4.78 is 9.67. The van der Waals surface area contributed by atoms with Crippen molar-refractivity contribution in [2.24, 2.45) is 0 Å². The zero-order valence-corrected chi connectivity index (χ0v) is 14.6. The second-order valence-electron chi connectivity index (χ2n) is 4.12. The molecule has 0 heterocycles. The molecule has 0 amide bonds. The zero-order valence-electron chi connectivity index (χ0n) is 13.2. The zero-order chi connectivity index (χ0) is 16.1. The van der Waals surface area contributed by atoms with Crippen LogP contribution in [0.5, 0.6) is 0 Å². The first-order valence-electron chi connectivity index (χ1n) is 7.21. The van der Waals surface area contributed by atoms with E-state index in [1.807, 2.05) is 18.2 Å². The Balaban J connectivity index is 0.00000122. The molecule has 0 saturated carbocycles. The average molecular weight is 308 g/mol. The summed E-state index contributed by atoms with van der Waals surface area (Å²) in [6.07, 6.45) is 1.47. The van der Waals surface area contributed by atoms with Crippen LogP contribution in [0.25, 0.3) is 6.08 Å². The van der Waals surface area contributed by atoms with E-state index in [2.05, 4.69) is 13.1 Å². The Hall–Kier alpha value is -1.88. The van der Waals surface area contributed by atoms with Crippen molar-refractivity contribution in [3.05, 3.63) is 41.5 Å². The molecule has 1 aromatic rings. The molecular formula is C16H24O4Si. The summed E-state index contributed by atoms with van der Waals surface area (Å²) in [7, 11) is 0.417. The Morgan fingerprint density at radius 1 is 1.00 bits per heavy atom. The van der Waals surface area contributed by atoms with Gasteiger partial charge < -0.3 is 9.47 Å². The minimum absolute atomic E-state index is 0.0927.